The van der Waals surface area contributed by atoms with E-state index in [1.165, 1.54) is 6.07 Å². The summed E-state index contributed by atoms with van der Waals surface area (Å²) in [4.78, 5) is 0. The molecule has 0 amide bonds. The molecule has 2 N–H and O–H groups in total. The maximum Gasteiger partial charge on any atom is 0.235 e. The molecule has 0 aliphatic carbocycles. The van der Waals surface area contributed by atoms with Crippen LogP contribution in [0.4, 0.5) is 5.69 Å². The molecule has 18 heavy (non-hydrogen) atoms. The van der Waals surface area contributed by atoms with Gasteiger partial charge in [-0.3, -0.25) is 4.72 Å². The third-order valence-corrected chi connectivity index (χ3v) is 4.93. The number of aryl methyl sites for hydroxylation is 1. The van der Waals surface area contributed by atoms with Crippen LogP contribution in [0.3, 0.4) is 0 Å². The minimum Gasteiger partial charge on any atom is -0.508 e. The third kappa shape index (κ3) is 2.94. The average molecular weight is 271 g/mol. The fourth-order valence-electron chi connectivity index (χ4n) is 1.95. The van der Waals surface area contributed by atoms with Crippen LogP contribution < -0.4 is 4.72 Å². The Labute approximate surface area is 107 Å². The van der Waals surface area contributed by atoms with Gasteiger partial charge in [0.25, 0.3) is 0 Å². The van der Waals surface area contributed by atoms with E-state index < -0.39 is 15.3 Å². The molecule has 1 aliphatic heterocycles. The number of benzene rings is 1. The van der Waals surface area contributed by atoms with Crippen molar-refractivity contribution in [3.8, 4) is 5.75 Å². The highest BCUT2D eigenvalue weighted by Gasteiger charge is 2.27. The van der Waals surface area contributed by atoms with Gasteiger partial charge in [0, 0.05) is 18.9 Å². The molecule has 0 spiro atoms. The summed E-state index contributed by atoms with van der Waals surface area (Å²) >= 11 is 0. The molecule has 0 atom stereocenters. The second-order valence-corrected chi connectivity index (χ2v) is 6.42. The Bertz CT molecular complexity index is 521. The Morgan fingerprint density at radius 3 is 2.61 bits per heavy atom. The van der Waals surface area contributed by atoms with Crippen LogP contribution in [0.25, 0.3) is 0 Å². The number of phenolic OH excluding ortho intramolecular Hbond substituents is 1. The number of phenols is 1. The second-order valence-electron chi connectivity index (χ2n) is 4.46. The normalized spacial score (nSPS) is 17.6. The summed E-state index contributed by atoms with van der Waals surface area (Å²) < 4.78 is 32.0. The molecule has 0 bridgehead atoms. The lowest BCUT2D eigenvalue weighted by Crippen LogP contribution is -2.33. The monoisotopic (exact) mass is 271 g/mol. The molecule has 5 nitrogen and oxygen atoms in total. The van der Waals surface area contributed by atoms with Gasteiger partial charge in [0.05, 0.1) is 5.25 Å². The summed E-state index contributed by atoms with van der Waals surface area (Å²) in [5.74, 6) is 0.156. The minimum atomic E-state index is -3.38. The zero-order chi connectivity index (χ0) is 13.2. The van der Waals surface area contributed by atoms with Gasteiger partial charge in [-0.25, -0.2) is 8.42 Å². The Morgan fingerprint density at radius 1 is 1.33 bits per heavy atom. The number of rotatable bonds is 3. The predicted octanol–water partition coefficient (Wildman–Crippen LogP) is 1.62. The van der Waals surface area contributed by atoms with Crippen molar-refractivity contribution in [2.24, 2.45) is 0 Å². The Hall–Kier alpha value is -1.27. The van der Waals surface area contributed by atoms with Gasteiger partial charge in [-0.15, -0.1) is 0 Å². The van der Waals surface area contributed by atoms with Gasteiger partial charge in [-0.2, -0.15) is 0 Å². The molecule has 100 valence electrons. The molecule has 1 aliphatic rings. The van der Waals surface area contributed by atoms with E-state index in [4.69, 9.17) is 4.74 Å². The molecular formula is C12H17NO4S. The van der Waals surface area contributed by atoms with Gasteiger partial charge < -0.3 is 9.84 Å². The van der Waals surface area contributed by atoms with Gasteiger partial charge in [0.1, 0.15) is 5.75 Å². The topological polar surface area (TPSA) is 75.6 Å². The smallest absolute Gasteiger partial charge is 0.235 e. The van der Waals surface area contributed by atoms with Crippen molar-refractivity contribution in [2.75, 3.05) is 17.9 Å². The molecule has 1 aromatic rings. The van der Waals surface area contributed by atoms with E-state index in [0.29, 0.717) is 37.3 Å². The molecule has 0 radical (unpaired) electrons. The van der Waals surface area contributed by atoms with Crippen LogP contribution in [-0.2, 0) is 14.8 Å². The molecule has 6 heteroatoms. The van der Waals surface area contributed by atoms with Crippen molar-refractivity contribution in [3.05, 3.63) is 23.8 Å². The van der Waals surface area contributed by atoms with Crippen molar-refractivity contribution >= 4 is 15.7 Å². The maximum absolute atomic E-state index is 12.1. The zero-order valence-electron chi connectivity index (χ0n) is 10.2. The largest absolute Gasteiger partial charge is 0.508 e. The first-order valence-corrected chi connectivity index (χ1v) is 7.42. The number of anilines is 1. The van der Waals surface area contributed by atoms with Crippen LogP contribution in [0, 0.1) is 6.92 Å². The first-order valence-electron chi connectivity index (χ1n) is 5.88. The molecule has 1 fully saturated rings. The summed E-state index contributed by atoms with van der Waals surface area (Å²) in [7, 11) is -3.38. The number of hydrogen-bond donors (Lipinski definition) is 2. The van der Waals surface area contributed by atoms with Gasteiger partial charge in [-0.1, -0.05) is 0 Å². The van der Waals surface area contributed by atoms with E-state index in [2.05, 4.69) is 4.72 Å². The summed E-state index contributed by atoms with van der Waals surface area (Å²) in [6.45, 7) is 2.70. The zero-order valence-corrected chi connectivity index (χ0v) is 11.0. The van der Waals surface area contributed by atoms with Crippen LogP contribution >= 0.6 is 0 Å². The SMILES string of the molecule is Cc1cc(NS(=O)(=O)C2CCOCC2)ccc1O. The van der Waals surface area contributed by atoms with E-state index in [1.54, 1.807) is 19.1 Å². The van der Waals surface area contributed by atoms with Crippen LogP contribution in [0.1, 0.15) is 18.4 Å². The highest BCUT2D eigenvalue weighted by atomic mass is 32.2. The Balaban J connectivity index is 2.13. The first-order chi connectivity index (χ1) is 8.49. The lowest BCUT2D eigenvalue weighted by atomic mass is 10.2. The van der Waals surface area contributed by atoms with Crippen LogP contribution in [0.15, 0.2) is 18.2 Å². The Kier molecular flexibility index (Phi) is 3.77. The van der Waals surface area contributed by atoms with E-state index in [-0.39, 0.29) is 5.75 Å². The first kappa shape index (κ1) is 13.2. The minimum absolute atomic E-state index is 0.156. The lowest BCUT2D eigenvalue weighted by molar-refractivity contribution is 0.0984. The second kappa shape index (κ2) is 5.16. The fraction of sp³-hybridized carbons (Fsp3) is 0.500. The highest BCUT2D eigenvalue weighted by Crippen LogP contribution is 2.23. The lowest BCUT2D eigenvalue weighted by Gasteiger charge is -2.22. The van der Waals surface area contributed by atoms with Gasteiger partial charge in [-0.05, 0) is 43.5 Å². The van der Waals surface area contributed by atoms with Crippen LogP contribution in [-0.4, -0.2) is 32.0 Å². The number of nitrogens with one attached hydrogen (secondary N) is 1. The van der Waals surface area contributed by atoms with Crippen molar-refractivity contribution in [3.63, 3.8) is 0 Å². The van der Waals surface area contributed by atoms with E-state index in [9.17, 15) is 13.5 Å². The molecular weight excluding hydrogens is 254 g/mol. The predicted molar refractivity (Wildman–Crippen MR) is 69.2 cm³/mol. The molecule has 0 aromatic heterocycles. The van der Waals surface area contributed by atoms with Gasteiger partial charge >= 0.3 is 0 Å². The van der Waals surface area contributed by atoms with E-state index in [1.807, 2.05) is 0 Å². The summed E-state index contributed by atoms with van der Waals surface area (Å²) in [6.07, 6.45) is 1.04. The van der Waals surface area contributed by atoms with Crippen molar-refractivity contribution in [1.82, 2.24) is 0 Å². The number of aromatic hydroxyl groups is 1. The van der Waals surface area contributed by atoms with Gasteiger partial charge in [0.15, 0.2) is 0 Å². The quantitative estimate of drug-likeness (QED) is 0.819. The van der Waals surface area contributed by atoms with E-state index >= 15 is 0 Å². The van der Waals surface area contributed by atoms with Crippen molar-refractivity contribution in [1.29, 1.82) is 0 Å². The summed E-state index contributed by atoms with van der Waals surface area (Å²) in [5, 5.41) is 8.99. The maximum atomic E-state index is 12.1. The average Bonchev–Trinajstić information content (AvgIpc) is 2.35. The standard InChI is InChI=1S/C12H17NO4S/c1-9-8-10(2-3-12(9)14)13-18(15,16)11-4-6-17-7-5-11/h2-3,8,11,13-14H,4-7H2,1H3. The number of ether oxygens (including phenoxy) is 1. The summed E-state index contributed by atoms with van der Waals surface area (Å²) in [5.41, 5.74) is 1.12. The highest BCUT2D eigenvalue weighted by molar-refractivity contribution is 7.93. The fourth-order valence-corrected chi connectivity index (χ4v) is 3.39. The number of sulfonamides is 1. The molecule has 0 unspecified atom stereocenters. The van der Waals surface area contributed by atoms with Crippen LogP contribution in [0.2, 0.25) is 0 Å². The number of hydrogen-bond acceptors (Lipinski definition) is 4. The molecule has 1 heterocycles. The van der Waals surface area contributed by atoms with Crippen molar-refractivity contribution in [2.45, 2.75) is 25.0 Å². The van der Waals surface area contributed by atoms with E-state index in [0.717, 1.165) is 0 Å². The Morgan fingerprint density at radius 2 is 2.00 bits per heavy atom. The molecule has 1 aromatic carbocycles. The van der Waals surface area contributed by atoms with Gasteiger partial charge in [0.2, 0.25) is 10.0 Å². The van der Waals surface area contributed by atoms with Crippen LogP contribution in [0.5, 0.6) is 5.75 Å². The molecule has 0 saturated carbocycles. The van der Waals surface area contributed by atoms with Crippen molar-refractivity contribution < 1.29 is 18.3 Å². The summed E-state index contributed by atoms with van der Waals surface area (Å²) in [6, 6.07) is 4.66. The molecule has 1 saturated heterocycles. The third-order valence-electron chi connectivity index (χ3n) is 3.06. The molecule has 2 rings (SSSR count).